The van der Waals surface area contributed by atoms with Crippen molar-refractivity contribution >= 4 is 43.7 Å². The summed E-state index contributed by atoms with van der Waals surface area (Å²) in [4.78, 5) is 15.7. The number of hydrogen-bond acceptors (Lipinski definition) is 4. The second-order valence-corrected chi connectivity index (χ2v) is 15.6. The van der Waals surface area contributed by atoms with Gasteiger partial charge in [0.2, 0.25) is 0 Å². The van der Waals surface area contributed by atoms with Crippen molar-refractivity contribution in [3.8, 4) is 73.2 Å². The van der Waals surface area contributed by atoms with Gasteiger partial charge in [0.05, 0.1) is 11.0 Å². The van der Waals surface area contributed by atoms with Crippen molar-refractivity contribution in [1.82, 2.24) is 19.5 Å². The molecule has 5 heteroatoms. The maximum atomic E-state index is 6.91. The molecule has 0 bridgehead atoms. The average Bonchev–Trinajstić information content (AvgIpc) is 3.90. The van der Waals surface area contributed by atoms with Crippen LogP contribution in [0.25, 0.3) is 117 Å². The lowest BCUT2D eigenvalue weighted by Crippen LogP contribution is -2.00. The van der Waals surface area contributed by atoms with Crippen molar-refractivity contribution in [2.45, 2.75) is 0 Å². The van der Waals surface area contributed by atoms with Gasteiger partial charge < -0.3 is 8.98 Å². The zero-order valence-corrected chi connectivity index (χ0v) is 33.5. The summed E-state index contributed by atoms with van der Waals surface area (Å²) in [5, 5.41) is 4.35. The van der Waals surface area contributed by atoms with Crippen LogP contribution in [0, 0.1) is 0 Å². The maximum absolute atomic E-state index is 6.91. The molecule has 0 N–H and O–H groups in total. The van der Waals surface area contributed by atoms with Gasteiger partial charge in [-0.3, -0.25) is 0 Å². The van der Waals surface area contributed by atoms with Gasteiger partial charge in [0.25, 0.3) is 0 Å². The molecule has 0 unspecified atom stereocenters. The van der Waals surface area contributed by atoms with Crippen LogP contribution in [0.3, 0.4) is 0 Å². The van der Waals surface area contributed by atoms with E-state index in [1.807, 2.05) is 24.3 Å². The fourth-order valence-corrected chi connectivity index (χ4v) is 8.90. The Labute approximate surface area is 357 Å². The Morgan fingerprint density at radius 1 is 0.323 bits per heavy atom. The zero-order chi connectivity index (χ0) is 41.0. The molecule has 12 aromatic rings. The molecular formula is C57H36N4O. The Balaban J connectivity index is 1.09. The highest BCUT2D eigenvalue weighted by Gasteiger charge is 2.22. The van der Waals surface area contributed by atoms with Gasteiger partial charge in [-0.2, -0.15) is 0 Å². The first-order valence-electron chi connectivity index (χ1n) is 20.8. The predicted octanol–water partition coefficient (Wildman–Crippen LogP) is 14.9. The average molecular weight is 793 g/mol. The molecular weight excluding hydrogens is 757 g/mol. The topological polar surface area (TPSA) is 56.7 Å². The minimum absolute atomic E-state index is 0.570. The van der Waals surface area contributed by atoms with E-state index in [-0.39, 0.29) is 0 Å². The number of para-hydroxylation sites is 2. The van der Waals surface area contributed by atoms with Crippen molar-refractivity contribution in [2.24, 2.45) is 0 Å². The largest absolute Gasteiger partial charge is 0.455 e. The Morgan fingerprint density at radius 2 is 0.774 bits per heavy atom. The van der Waals surface area contributed by atoms with Crippen LogP contribution in [0.15, 0.2) is 223 Å². The van der Waals surface area contributed by atoms with Crippen LogP contribution in [0.4, 0.5) is 0 Å². The third kappa shape index (κ3) is 6.06. The van der Waals surface area contributed by atoms with Crippen LogP contribution >= 0.6 is 0 Å². The maximum Gasteiger partial charge on any atom is 0.164 e. The first-order chi connectivity index (χ1) is 30.7. The van der Waals surface area contributed by atoms with Gasteiger partial charge in [0, 0.05) is 49.5 Å². The number of hydrogen-bond donors (Lipinski definition) is 0. The molecule has 0 amide bonds. The predicted molar refractivity (Wildman–Crippen MR) is 254 cm³/mol. The molecule has 5 nitrogen and oxygen atoms in total. The molecule has 0 aliphatic carbocycles. The van der Waals surface area contributed by atoms with Crippen molar-refractivity contribution in [3.05, 3.63) is 218 Å². The molecule has 62 heavy (non-hydrogen) atoms. The summed E-state index contributed by atoms with van der Waals surface area (Å²) in [5.74, 6) is 1.76. The standard InChI is InChI=1S/C57H36N4O/c1-4-15-37(16-5-1)39-27-31-42(32-28-39)55-58-56(43-33-29-40(30-34-43)38-17-6-2-7-18-38)60-57(59-55)47-23-14-26-52-53(47)49-36-44(35-48(54(49)62-52)41-19-8-3-9-20-41)61-50-24-12-10-21-45(50)46-22-11-13-25-51(46)61/h1-36H. The SMILES string of the molecule is c1ccc(-c2ccc(-c3nc(-c4ccc(-c5ccccc5)cc4)nc(-c4cccc5oc6c(-c7ccccc7)cc(-n7c8ccccc8c8ccccc87)cc6c45)n3)cc2)cc1. The second kappa shape index (κ2) is 14.7. The van der Waals surface area contributed by atoms with E-state index < -0.39 is 0 Å². The van der Waals surface area contributed by atoms with Gasteiger partial charge in [0.1, 0.15) is 11.2 Å². The van der Waals surface area contributed by atoms with E-state index in [1.165, 1.54) is 10.8 Å². The van der Waals surface area contributed by atoms with Gasteiger partial charge in [-0.25, -0.2) is 15.0 Å². The van der Waals surface area contributed by atoms with Gasteiger partial charge in [-0.1, -0.05) is 188 Å². The van der Waals surface area contributed by atoms with Gasteiger partial charge in [-0.15, -0.1) is 0 Å². The van der Waals surface area contributed by atoms with Crippen LogP contribution in [0.1, 0.15) is 0 Å². The van der Waals surface area contributed by atoms with E-state index in [9.17, 15) is 0 Å². The highest BCUT2D eigenvalue weighted by atomic mass is 16.3. The smallest absolute Gasteiger partial charge is 0.164 e. The van der Waals surface area contributed by atoms with Crippen LogP contribution in [-0.4, -0.2) is 19.5 Å². The van der Waals surface area contributed by atoms with Gasteiger partial charge >= 0.3 is 0 Å². The van der Waals surface area contributed by atoms with E-state index in [0.29, 0.717) is 17.5 Å². The van der Waals surface area contributed by atoms with Crippen molar-refractivity contribution < 1.29 is 4.42 Å². The third-order valence-electron chi connectivity index (χ3n) is 11.9. The number of benzene rings is 9. The lowest BCUT2D eigenvalue weighted by Gasteiger charge is -2.12. The van der Waals surface area contributed by atoms with Crippen molar-refractivity contribution in [3.63, 3.8) is 0 Å². The van der Waals surface area contributed by atoms with Gasteiger partial charge in [0.15, 0.2) is 17.5 Å². The van der Waals surface area contributed by atoms with Crippen LogP contribution < -0.4 is 0 Å². The number of nitrogens with zero attached hydrogens (tertiary/aromatic N) is 4. The van der Waals surface area contributed by atoms with E-state index in [0.717, 1.165) is 88.7 Å². The molecule has 0 aliphatic rings. The molecule has 0 saturated carbocycles. The lowest BCUT2D eigenvalue weighted by atomic mass is 9.99. The Hall–Kier alpha value is -8.41. The third-order valence-corrected chi connectivity index (χ3v) is 11.9. The Kier molecular flexibility index (Phi) is 8.42. The van der Waals surface area contributed by atoms with E-state index in [2.05, 4.69) is 199 Å². The summed E-state index contributed by atoms with van der Waals surface area (Å²) in [7, 11) is 0. The Morgan fingerprint density at radius 3 is 1.32 bits per heavy atom. The highest BCUT2D eigenvalue weighted by Crippen LogP contribution is 2.43. The summed E-state index contributed by atoms with van der Waals surface area (Å²) in [5.41, 5.74) is 14.2. The summed E-state index contributed by atoms with van der Waals surface area (Å²) < 4.78 is 9.28. The van der Waals surface area contributed by atoms with Crippen molar-refractivity contribution in [2.75, 3.05) is 0 Å². The van der Waals surface area contributed by atoms with Crippen LogP contribution in [0.2, 0.25) is 0 Å². The summed E-state index contributed by atoms with van der Waals surface area (Å²) in [6, 6.07) is 76.2. The number of rotatable bonds is 7. The molecule has 0 saturated heterocycles. The molecule has 9 aromatic carbocycles. The fourth-order valence-electron chi connectivity index (χ4n) is 8.90. The zero-order valence-electron chi connectivity index (χ0n) is 33.5. The molecule has 3 aromatic heterocycles. The quantitative estimate of drug-likeness (QED) is 0.161. The molecule has 0 radical (unpaired) electrons. The van der Waals surface area contributed by atoms with E-state index in [1.54, 1.807) is 0 Å². The monoisotopic (exact) mass is 792 g/mol. The molecule has 3 heterocycles. The molecule has 0 aliphatic heterocycles. The van der Waals surface area contributed by atoms with Crippen LogP contribution in [-0.2, 0) is 0 Å². The van der Waals surface area contributed by atoms with Gasteiger partial charge in [-0.05, 0) is 58.1 Å². The Bertz CT molecular complexity index is 3440. The molecule has 12 rings (SSSR count). The second-order valence-electron chi connectivity index (χ2n) is 15.6. The number of fused-ring (bicyclic) bond motifs is 6. The first kappa shape index (κ1) is 35.5. The van der Waals surface area contributed by atoms with E-state index >= 15 is 0 Å². The molecule has 0 fully saturated rings. The highest BCUT2D eigenvalue weighted by molar-refractivity contribution is 6.16. The van der Waals surface area contributed by atoms with Crippen LogP contribution in [0.5, 0.6) is 0 Å². The molecule has 290 valence electrons. The van der Waals surface area contributed by atoms with E-state index in [4.69, 9.17) is 19.4 Å². The lowest BCUT2D eigenvalue weighted by molar-refractivity contribution is 0.670. The minimum atomic E-state index is 0.570. The summed E-state index contributed by atoms with van der Waals surface area (Å²) in [6.45, 7) is 0. The molecule has 0 atom stereocenters. The minimum Gasteiger partial charge on any atom is -0.455 e. The first-order valence-corrected chi connectivity index (χ1v) is 20.8. The fraction of sp³-hybridized carbons (Fsp3) is 0. The molecule has 0 spiro atoms. The van der Waals surface area contributed by atoms with Crippen molar-refractivity contribution in [1.29, 1.82) is 0 Å². The summed E-state index contributed by atoms with van der Waals surface area (Å²) in [6.07, 6.45) is 0. The normalized spacial score (nSPS) is 11.5. The number of furan rings is 1. The summed E-state index contributed by atoms with van der Waals surface area (Å²) >= 11 is 0. The number of aromatic nitrogens is 4.